The van der Waals surface area contributed by atoms with Gasteiger partial charge in [0.05, 0.1) is 13.2 Å². The zero-order chi connectivity index (χ0) is 12.7. The average molecular weight is 245 g/mol. The summed E-state index contributed by atoms with van der Waals surface area (Å²) in [5, 5.41) is 13.5. The van der Waals surface area contributed by atoms with Gasteiger partial charge in [-0.2, -0.15) is 0 Å². The van der Waals surface area contributed by atoms with Crippen LogP contribution < -0.4 is 10.6 Å². The highest BCUT2D eigenvalue weighted by atomic mass is 16.5. The van der Waals surface area contributed by atoms with Crippen molar-refractivity contribution in [3.63, 3.8) is 0 Å². The number of urea groups is 1. The van der Waals surface area contributed by atoms with Gasteiger partial charge in [0.2, 0.25) is 0 Å². The van der Waals surface area contributed by atoms with Gasteiger partial charge in [-0.25, -0.2) is 4.79 Å². The fourth-order valence-corrected chi connectivity index (χ4v) is 1.46. The summed E-state index contributed by atoms with van der Waals surface area (Å²) in [5.41, 5.74) is 0. The third-order valence-corrected chi connectivity index (χ3v) is 2.54. The van der Waals surface area contributed by atoms with Crippen LogP contribution in [0.4, 0.5) is 4.79 Å². The quantitative estimate of drug-likeness (QED) is 0.583. The first-order chi connectivity index (χ1) is 8.09. The van der Waals surface area contributed by atoms with Crippen molar-refractivity contribution in [1.29, 1.82) is 0 Å². The van der Waals surface area contributed by atoms with Gasteiger partial charge >= 0.3 is 12.0 Å². The van der Waals surface area contributed by atoms with E-state index in [0.29, 0.717) is 6.54 Å². The largest absolute Gasteiger partial charge is 0.480 e. The number of hydrogen-bond donors (Lipinski definition) is 3. The van der Waals surface area contributed by atoms with Gasteiger partial charge in [-0.3, -0.25) is 9.69 Å². The lowest BCUT2D eigenvalue weighted by atomic mass is 10.3. The first kappa shape index (κ1) is 13.7. The second-order valence-electron chi connectivity index (χ2n) is 3.91. The van der Waals surface area contributed by atoms with E-state index in [-0.39, 0.29) is 0 Å². The second kappa shape index (κ2) is 7.08. The molecular formula is C10H19N3O4. The summed E-state index contributed by atoms with van der Waals surface area (Å²) in [5.74, 6) is -1.05. The summed E-state index contributed by atoms with van der Waals surface area (Å²) in [6, 6.07) is -1.33. The van der Waals surface area contributed by atoms with Crippen LogP contribution >= 0.6 is 0 Å². The van der Waals surface area contributed by atoms with Crippen molar-refractivity contribution in [2.45, 2.75) is 13.0 Å². The number of hydrogen-bond acceptors (Lipinski definition) is 4. The fraction of sp³-hybridized carbons (Fsp3) is 0.800. The number of morpholine rings is 1. The molecule has 1 fully saturated rings. The maximum absolute atomic E-state index is 11.3. The molecule has 2 amide bonds. The Morgan fingerprint density at radius 1 is 1.41 bits per heavy atom. The normalized spacial score (nSPS) is 18.4. The number of nitrogens with zero attached hydrogens (tertiary/aromatic N) is 1. The number of carboxylic acid groups (broad SMARTS) is 1. The third kappa shape index (κ3) is 5.50. The number of carbonyl (C=O) groups is 2. The molecule has 0 saturated carbocycles. The number of carboxylic acids is 1. The fourth-order valence-electron chi connectivity index (χ4n) is 1.46. The van der Waals surface area contributed by atoms with Crippen LogP contribution in [-0.4, -0.2) is 67.4 Å². The molecule has 1 aliphatic rings. The van der Waals surface area contributed by atoms with Crippen LogP contribution in [0.25, 0.3) is 0 Å². The Hall–Kier alpha value is -1.34. The molecule has 1 saturated heterocycles. The first-order valence-electron chi connectivity index (χ1n) is 5.67. The molecule has 1 rings (SSSR count). The van der Waals surface area contributed by atoms with Crippen LogP contribution in [0, 0.1) is 0 Å². The lowest BCUT2D eigenvalue weighted by Gasteiger charge is -2.26. The van der Waals surface area contributed by atoms with E-state index < -0.39 is 18.0 Å². The van der Waals surface area contributed by atoms with Gasteiger partial charge in [0.1, 0.15) is 6.04 Å². The summed E-state index contributed by atoms with van der Waals surface area (Å²) in [6.07, 6.45) is 0. The van der Waals surface area contributed by atoms with E-state index >= 15 is 0 Å². The van der Waals surface area contributed by atoms with Crippen molar-refractivity contribution in [3.8, 4) is 0 Å². The summed E-state index contributed by atoms with van der Waals surface area (Å²) < 4.78 is 5.20. The van der Waals surface area contributed by atoms with E-state index in [0.717, 1.165) is 32.8 Å². The van der Waals surface area contributed by atoms with E-state index in [2.05, 4.69) is 15.5 Å². The van der Waals surface area contributed by atoms with Crippen molar-refractivity contribution < 1.29 is 19.4 Å². The van der Waals surface area contributed by atoms with Gasteiger partial charge in [-0.15, -0.1) is 0 Å². The number of nitrogens with one attached hydrogen (secondary N) is 2. The smallest absolute Gasteiger partial charge is 0.325 e. The minimum atomic E-state index is -1.05. The molecule has 0 aromatic carbocycles. The lowest BCUT2D eigenvalue weighted by Crippen LogP contribution is -2.47. The molecule has 0 aromatic rings. The standard InChI is InChI=1S/C10H19N3O4/c1-8(9(14)15)12-10(16)11-2-3-13-4-6-17-7-5-13/h8H,2-7H2,1H3,(H,14,15)(H2,11,12,16)/t8-/m0/s1. The molecule has 0 radical (unpaired) electrons. The monoisotopic (exact) mass is 245 g/mol. The van der Waals surface area contributed by atoms with Gasteiger partial charge in [-0.05, 0) is 6.92 Å². The molecule has 0 aliphatic carbocycles. The van der Waals surface area contributed by atoms with Crippen molar-refractivity contribution in [1.82, 2.24) is 15.5 Å². The van der Waals surface area contributed by atoms with Crippen LogP contribution in [-0.2, 0) is 9.53 Å². The number of aliphatic carboxylic acids is 1. The second-order valence-corrected chi connectivity index (χ2v) is 3.91. The molecule has 0 bridgehead atoms. The predicted molar refractivity (Wildman–Crippen MR) is 60.9 cm³/mol. The molecular weight excluding hydrogens is 226 g/mol. The Morgan fingerprint density at radius 3 is 2.65 bits per heavy atom. The van der Waals surface area contributed by atoms with Gasteiger partial charge in [-0.1, -0.05) is 0 Å². The molecule has 1 aliphatic heterocycles. The van der Waals surface area contributed by atoms with Crippen LogP contribution in [0.5, 0.6) is 0 Å². The molecule has 7 nitrogen and oxygen atoms in total. The van der Waals surface area contributed by atoms with E-state index in [1.54, 1.807) is 0 Å². The number of amides is 2. The average Bonchev–Trinajstić information content (AvgIpc) is 2.30. The highest BCUT2D eigenvalue weighted by Crippen LogP contribution is 1.94. The van der Waals surface area contributed by atoms with Crippen molar-refractivity contribution in [2.24, 2.45) is 0 Å². The Balaban J connectivity index is 2.09. The van der Waals surface area contributed by atoms with Crippen molar-refractivity contribution in [3.05, 3.63) is 0 Å². The maximum Gasteiger partial charge on any atom is 0.325 e. The number of carbonyl (C=O) groups excluding carboxylic acids is 1. The minimum absolute atomic E-state index is 0.451. The van der Waals surface area contributed by atoms with Crippen LogP contribution in [0.3, 0.4) is 0 Å². The van der Waals surface area contributed by atoms with Crippen LogP contribution in [0.1, 0.15) is 6.92 Å². The van der Waals surface area contributed by atoms with Crippen LogP contribution in [0.2, 0.25) is 0 Å². The highest BCUT2D eigenvalue weighted by Gasteiger charge is 2.14. The highest BCUT2D eigenvalue weighted by molar-refractivity contribution is 5.82. The van der Waals surface area contributed by atoms with Gasteiger partial charge in [0.25, 0.3) is 0 Å². The lowest BCUT2D eigenvalue weighted by molar-refractivity contribution is -0.138. The topological polar surface area (TPSA) is 90.9 Å². The Bertz CT molecular complexity index is 266. The third-order valence-electron chi connectivity index (χ3n) is 2.54. The molecule has 7 heteroatoms. The molecule has 1 heterocycles. The first-order valence-corrected chi connectivity index (χ1v) is 5.67. The Morgan fingerprint density at radius 2 is 2.06 bits per heavy atom. The molecule has 0 unspecified atom stereocenters. The van der Waals surface area contributed by atoms with Crippen molar-refractivity contribution in [2.75, 3.05) is 39.4 Å². The predicted octanol–water partition coefficient (Wildman–Crippen LogP) is -0.909. The number of rotatable bonds is 5. The van der Waals surface area contributed by atoms with Gasteiger partial charge < -0.3 is 20.5 Å². The minimum Gasteiger partial charge on any atom is -0.480 e. The van der Waals surface area contributed by atoms with E-state index in [1.165, 1.54) is 6.92 Å². The van der Waals surface area contributed by atoms with Crippen LogP contribution in [0.15, 0.2) is 0 Å². The van der Waals surface area contributed by atoms with E-state index in [9.17, 15) is 9.59 Å². The summed E-state index contributed by atoms with van der Waals surface area (Å²) in [4.78, 5) is 23.9. The molecule has 1 atom stereocenters. The van der Waals surface area contributed by atoms with Gasteiger partial charge in [0.15, 0.2) is 0 Å². The molecule has 98 valence electrons. The summed E-state index contributed by atoms with van der Waals surface area (Å²) in [6.45, 7) is 5.86. The summed E-state index contributed by atoms with van der Waals surface area (Å²) >= 11 is 0. The van der Waals surface area contributed by atoms with Crippen molar-refractivity contribution >= 4 is 12.0 Å². The maximum atomic E-state index is 11.3. The molecule has 0 aromatic heterocycles. The van der Waals surface area contributed by atoms with E-state index in [4.69, 9.17) is 9.84 Å². The Kier molecular flexibility index (Phi) is 5.71. The SMILES string of the molecule is C[C@H](NC(=O)NCCN1CCOCC1)C(=O)O. The van der Waals surface area contributed by atoms with E-state index in [1.807, 2.05) is 0 Å². The molecule has 0 spiro atoms. The molecule has 3 N–H and O–H groups in total. The zero-order valence-electron chi connectivity index (χ0n) is 9.94. The number of ether oxygens (including phenoxy) is 1. The Labute approximate surface area is 100 Å². The van der Waals surface area contributed by atoms with Gasteiger partial charge in [0, 0.05) is 26.2 Å². The molecule has 17 heavy (non-hydrogen) atoms. The zero-order valence-corrected chi connectivity index (χ0v) is 9.94. The summed E-state index contributed by atoms with van der Waals surface area (Å²) in [7, 11) is 0.